The largest absolute Gasteiger partial charge is 0.365 e. The van der Waals surface area contributed by atoms with E-state index in [0.29, 0.717) is 13.1 Å². The lowest BCUT2D eigenvalue weighted by molar-refractivity contribution is -0.497. The van der Waals surface area contributed by atoms with Crippen LogP contribution in [0.25, 0.3) is 10.9 Å². The molecule has 0 amide bonds. The van der Waals surface area contributed by atoms with Crippen LogP contribution < -0.4 is 16.1 Å². The third-order valence-electron chi connectivity index (χ3n) is 6.64. The summed E-state index contributed by atoms with van der Waals surface area (Å²) in [6, 6.07) is 0.653. The molecule has 5 rings (SSSR count). The van der Waals surface area contributed by atoms with Crippen molar-refractivity contribution in [3.63, 3.8) is 0 Å². The Morgan fingerprint density at radius 3 is 2.75 bits per heavy atom. The highest BCUT2D eigenvalue weighted by atomic mass is 35.5. The van der Waals surface area contributed by atoms with Gasteiger partial charge in [-0.2, -0.15) is 0 Å². The predicted octanol–water partition coefficient (Wildman–Crippen LogP) is 2.85. The number of fused-ring (bicyclic) bond motifs is 2. The van der Waals surface area contributed by atoms with E-state index < -0.39 is 39.6 Å². The molecule has 10 heteroatoms. The monoisotopic (exact) mass is 458 g/mol. The number of anilines is 1. The molecule has 2 N–H and O–H groups in total. The van der Waals surface area contributed by atoms with E-state index >= 15 is 4.39 Å². The molecular weight excluding hydrogens is 439 g/mol. The molecule has 166 valence electrons. The second kappa shape index (κ2) is 6.98. The van der Waals surface area contributed by atoms with Gasteiger partial charge in [0, 0.05) is 43.3 Å². The third-order valence-corrected chi connectivity index (χ3v) is 7.00. The van der Waals surface area contributed by atoms with E-state index in [-0.39, 0.29) is 39.6 Å². The highest BCUT2D eigenvalue weighted by molar-refractivity contribution is 6.38. The standard InChI is InChI=1S/C22H20ClFN4O4/c1-11(29)15-8-18(30)13-6-14(24)21(26-9-12-4-2-3-5-22(12,25)10-26)19(23)20(13)27(15)16-7-17(16)28(31)32/h2-6,8,12,16-17H,7,9-10,25H2,1H3. The number of allylic oxidation sites excluding steroid dienone is 2. The first-order chi connectivity index (χ1) is 15.1. The van der Waals surface area contributed by atoms with Crippen LogP contribution in [-0.2, 0) is 0 Å². The first-order valence-corrected chi connectivity index (χ1v) is 10.6. The van der Waals surface area contributed by atoms with Gasteiger partial charge in [-0.05, 0) is 6.07 Å². The van der Waals surface area contributed by atoms with Crippen LogP contribution in [0.3, 0.4) is 0 Å². The van der Waals surface area contributed by atoms with Gasteiger partial charge in [-0.15, -0.1) is 0 Å². The third kappa shape index (κ3) is 2.99. The summed E-state index contributed by atoms with van der Waals surface area (Å²) >= 11 is 6.72. The van der Waals surface area contributed by atoms with Crippen LogP contribution >= 0.6 is 11.6 Å². The Balaban J connectivity index is 1.74. The summed E-state index contributed by atoms with van der Waals surface area (Å²) in [5, 5.41) is 11.3. The number of benzene rings is 1. The molecule has 0 bridgehead atoms. The molecule has 8 nitrogen and oxygen atoms in total. The SMILES string of the molecule is CC(=O)c1cc(=O)c2cc(F)c(N3CC4C=CC=CC4(N)C3)c(Cl)c2n1C1CC1[N+](=O)[O-]. The van der Waals surface area contributed by atoms with Crippen LogP contribution in [0.4, 0.5) is 10.1 Å². The Bertz CT molecular complexity index is 1320. The van der Waals surface area contributed by atoms with E-state index in [0.717, 1.165) is 12.1 Å². The summed E-state index contributed by atoms with van der Waals surface area (Å²) in [6.45, 7) is 2.00. The summed E-state index contributed by atoms with van der Waals surface area (Å²) < 4.78 is 16.7. The van der Waals surface area contributed by atoms with E-state index in [2.05, 4.69) is 0 Å². The molecule has 4 unspecified atom stereocenters. The van der Waals surface area contributed by atoms with E-state index in [9.17, 15) is 19.7 Å². The highest BCUT2D eigenvalue weighted by Crippen LogP contribution is 2.46. The van der Waals surface area contributed by atoms with Gasteiger partial charge >= 0.3 is 0 Å². The quantitative estimate of drug-likeness (QED) is 0.428. The van der Waals surface area contributed by atoms with Crippen LogP contribution in [-0.4, -0.2) is 39.9 Å². The fraction of sp³-hybridized carbons (Fsp3) is 0.364. The van der Waals surface area contributed by atoms with E-state index in [4.69, 9.17) is 17.3 Å². The molecule has 2 aromatic rings. The zero-order valence-corrected chi connectivity index (χ0v) is 17.9. The van der Waals surface area contributed by atoms with Gasteiger partial charge in [-0.25, -0.2) is 4.39 Å². The maximum Gasteiger partial charge on any atom is 0.236 e. The predicted molar refractivity (Wildman–Crippen MR) is 119 cm³/mol. The molecule has 2 heterocycles. The molecule has 2 aliphatic carbocycles. The average molecular weight is 459 g/mol. The number of Topliss-reactive ketones (excluding diaryl/α,β-unsaturated/α-hetero) is 1. The Morgan fingerprint density at radius 1 is 1.38 bits per heavy atom. The van der Waals surface area contributed by atoms with Gasteiger partial charge in [-0.1, -0.05) is 35.9 Å². The van der Waals surface area contributed by atoms with Crippen molar-refractivity contribution in [3.8, 4) is 0 Å². The van der Waals surface area contributed by atoms with Crippen molar-refractivity contribution in [2.45, 2.75) is 31.0 Å². The lowest BCUT2D eigenvalue weighted by Crippen LogP contribution is -2.46. The number of nitro groups is 1. The summed E-state index contributed by atoms with van der Waals surface area (Å²) in [4.78, 5) is 37.7. The summed E-state index contributed by atoms with van der Waals surface area (Å²) in [5.74, 6) is -1.16. The van der Waals surface area contributed by atoms with Crippen molar-refractivity contribution in [2.24, 2.45) is 11.7 Å². The maximum absolute atomic E-state index is 15.3. The molecule has 4 atom stereocenters. The summed E-state index contributed by atoms with van der Waals surface area (Å²) in [5.41, 5.74) is 5.50. The first kappa shape index (κ1) is 20.8. The fourth-order valence-corrected chi connectivity index (χ4v) is 5.33. The molecule has 32 heavy (non-hydrogen) atoms. The normalized spacial score (nSPS) is 28.2. The Morgan fingerprint density at radius 2 is 2.12 bits per heavy atom. The molecule has 2 fully saturated rings. The van der Waals surface area contributed by atoms with Crippen LogP contribution in [0, 0.1) is 21.8 Å². The number of pyridine rings is 1. The van der Waals surface area contributed by atoms with Crippen molar-refractivity contribution in [2.75, 3.05) is 18.0 Å². The van der Waals surface area contributed by atoms with Crippen LogP contribution in [0.1, 0.15) is 29.9 Å². The number of carbonyl (C=O) groups is 1. The Kier molecular flexibility index (Phi) is 4.55. The minimum atomic E-state index is -0.902. The molecule has 0 radical (unpaired) electrons. The van der Waals surface area contributed by atoms with Gasteiger partial charge in [0.15, 0.2) is 11.2 Å². The molecule has 0 spiro atoms. The van der Waals surface area contributed by atoms with Crippen molar-refractivity contribution in [1.82, 2.24) is 4.57 Å². The second-order valence-electron chi connectivity index (χ2n) is 8.74. The second-order valence-corrected chi connectivity index (χ2v) is 9.11. The zero-order valence-electron chi connectivity index (χ0n) is 17.1. The van der Waals surface area contributed by atoms with Crippen molar-refractivity contribution < 1.29 is 14.1 Å². The number of hydrogen-bond donors (Lipinski definition) is 1. The molecule has 1 saturated carbocycles. The molecular formula is C22H20ClFN4O4. The molecule has 1 aliphatic heterocycles. The number of hydrogen-bond acceptors (Lipinski definition) is 6. The summed E-state index contributed by atoms with van der Waals surface area (Å²) in [6.07, 6.45) is 7.77. The van der Waals surface area contributed by atoms with Crippen LogP contribution in [0.2, 0.25) is 5.02 Å². The first-order valence-electron chi connectivity index (χ1n) is 10.2. The topological polar surface area (TPSA) is 111 Å². The Hall–Kier alpha value is -3.04. The van der Waals surface area contributed by atoms with Gasteiger partial charge in [0.1, 0.15) is 11.9 Å². The van der Waals surface area contributed by atoms with Crippen molar-refractivity contribution in [1.29, 1.82) is 0 Å². The number of carbonyl (C=O) groups excluding carboxylic acids is 1. The minimum absolute atomic E-state index is 0.0193. The molecule has 3 aliphatic rings. The number of aromatic nitrogens is 1. The molecule has 1 saturated heterocycles. The average Bonchev–Trinajstić information content (AvgIpc) is 3.43. The molecule has 1 aromatic carbocycles. The smallest absolute Gasteiger partial charge is 0.236 e. The van der Waals surface area contributed by atoms with Gasteiger partial charge < -0.3 is 15.2 Å². The van der Waals surface area contributed by atoms with Crippen molar-refractivity contribution >= 4 is 34.0 Å². The van der Waals surface area contributed by atoms with Gasteiger partial charge in [0.2, 0.25) is 6.04 Å². The zero-order chi connectivity index (χ0) is 22.9. The van der Waals surface area contributed by atoms with E-state index in [1.807, 2.05) is 24.3 Å². The van der Waals surface area contributed by atoms with Crippen LogP contribution in [0.15, 0.2) is 41.2 Å². The number of ketones is 1. The van der Waals surface area contributed by atoms with Gasteiger partial charge in [-0.3, -0.25) is 19.7 Å². The maximum atomic E-state index is 15.3. The Labute approximate surface area is 186 Å². The highest BCUT2D eigenvalue weighted by Gasteiger charge is 2.51. The number of halogens is 2. The van der Waals surface area contributed by atoms with E-state index in [1.165, 1.54) is 11.5 Å². The fourth-order valence-electron chi connectivity index (χ4n) is 4.93. The number of nitrogens with zero attached hydrogens (tertiary/aromatic N) is 3. The minimum Gasteiger partial charge on any atom is -0.365 e. The van der Waals surface area contributed by atoms with Gasteiger partial charge in [0.25, 0.3) is 0 Å². The van der Waals surface area contributed by atoms with Gasteiger partial charge in [0.05, 0.1) is 32.8 Å². The van der Waals surface area contributed by atoms with Crippen LogP contribution in [0.5, 0.6) is 0 Å². The lowest BCUT2D eigenvalue weighted by Gasteiger charge is -2.27. The number of nitrogens with two attached hydrogens (primary N) is 1. The summed E-state index contributed by atoms with van der Waals surface area (Å²) in [7, 11) is 0. The van der Waals surface area contributed by atoms with Crippen molar-refractivity contribution in [3.05, 3.63) is 73.3 Å². The van der Waals surface area contributed by atoms with E-state index in [1.54, 1.807) is 4.90 Å². The molecule has 1 aromatic heterocycles. The number of rotatable bonds is 4. The lowest BCUT2D eigenvalue weighted by atomic mass is 9.85.